The van der Waals surface area contributed by atoms with Gasteiger partial charge in [-0.2, -0.15) is 13.9 Å². The van der Waals surface area contributed by atoms with Crippen LogP contribution < -0.4 is 5.32 Å². The Bertz CT molecular complexity index is 689. The molecule has 0 fully saturated rings. The van der Waals surface area contributed by atoms with Crippen LogP contribution in [0.15, 0.2) is 41.6 Å². The standard InChI is InChI=1S/C14H13F2N3O3S/c1-19-7-9(6-17-19)13(21)22-8-12(20)18-10-2-4-11(5-3-10)23-14(15)16/h2-7,14H,8H2,1H3,(H,18,20). The number of benzene rings is 1. The van der Waals surface area contributed by atoms with Gasteiger partial charge in [-0.05, 0) is 24.3 Å². The lowest BCUT2D eigenvalue weighted by atomic mass is 10.3. The molecule has 2 rings (SSSR count). The number of aromatic nitrogens is 2. The molecule has 1 N–H and O–H groups in total. The van der Waals surface area contributed by atoms with E-state index in [1.54, 1.807) is 7.05 Å². The van der Waals surface area contributed by atoms with Crippen LogP contribution in [0, 0.1) is 0 Å². The molecule has 0 bridgehead atoms. The smallest absolute Gasteiger partial charge is 0.341 e. The summed E-state index contributed by atoms with van der Waals surface area (Å²) in [5, 5.41) is 6.32. The second kappa shape index (κ2) is 7.73. The molecule has 0 aliphatic heterocycles. The highest BCUT2D eigenvalue weighted by molar-refractivity contribution is 7.99. The molecule has 1 aromatic heterocycles. The van der Waals surface area contributed by atoms with Crippen LogP contribution >= 0.6 is 11.8 Å². The zero-order valence-electron chi connectivity index (χ0n) is 12.0. The average molecular weight is 341 g/mol. The highest BCUT2D eigenvalue weighted by Gasteiger charge is 2.12. The molecule has 0 saturated carbocycles. The second-order valence-electron chi connectivity index (χ2n) is 4.43. The molecule has 23 heavy (non-hydrogen) atoms. The number of carbonyl (C=O) groups excluding carboxylic acids is 2. The van der Waals surface area contributed by atoms with Crippen molar-refractivity contribution in [2.75, 3.05) is 11.9 Å². The molecule has 9 heteroatoms. The number of thioether (sulfide) groups is 1. The van der Waals surface area contributed by atoms with E-state index in [0.717, 1.165) is 0 Å². The Morgan fingerprint density at radius 3 is 2.61 bits per heavy atom. The number of anilines is 1. The fraction of sp³-hybridized carbons (Fsp3) is 0.214. The normalized spacial score (nSPS) is 10.6. The van der Waals surface area contributed by atoms with Crippen molar-refractivity contribution < 1.29 is 23.1 Å². The molecule has 0 aliphatic carbocycles. The summed E-state index contributed by atoms with van der Waals surface area (Å²) in [7, 11) is 1.65. The number of rotatable bonds is 6. The number of aryl methyl sites for hydroxylation is 1. The molecule has 1 heterocycles. The molecule has 0 unspecified atom stereocenters. The van der Waals surface area contributed by atoms with Crippen molar-refractivity contribution in [3.8, 4) is 0 Å². The molecule has 1 aromatic carbocycles. The minimum Gasteiger partial charge on any atom is -0.452 e. The van der Waals surface area contributed by atoms with Crippen molar-refractivity contribution in [1.29, 1.82) is 0 Å². The molecule has 2 aromatic rings. The van der Waals surface area contributed by atoms with E-state index >= 15 is 0 Å². The van der Waals surface area contributed by atoms with Gasteiger partial charge in [0.05, 0.1) is 11.8 Å². The fourth-order valence-corrected chi connectivity index (χ4v) is 2.16. The van der Waals surface area contributed by atoms with Crippen molar-refractivity contribution in [3.05, 3.63) is 42.2 Å². The largest absolute Gasteiger partial charge is 0.452 e. The number of halogens is 2. The third kappa shape index (κ3) is 5.37. The Balaban J connectivity index is 1.81. The summed E-state index contributed by atoms with van der Waals surface area (Å²) in [6, 6.07) is 5.92. The summed E-state index contributed by atoms with van der Waals surface area (Å²) in [6.07, 6.45) is 2.80. The number of hydrogen-bond donors (Lipinski definition) is 1. The van der Waals surface area contributed by atoms with Gasteiger partial charge < -0.3 is 10.1 Å². The van der Waals surface area contributed by atoms with E-state index in [4.69, 9.17) is 4.74 Å². The van der Waals surface area contributed by atoms with E-state index in [1.165, 1.54) is 41.3 Å². The number of nitrogens with zero attached hydrogens (tertiary/aromatic N) is 2. The fourth-order valence-electron chi connectivity index (χ4n) is 1.66. The Kier molecular flexibility index (Phi) is 5.69. The van der Waals surface area contributed by atoms with Crippen LogP contribution in [-0.2, 0) is 16.6 Å². The molecule has 0 spiro atoms. The highest BCUT2D eigenvalue weighted by Crippen LogP contribution is 2.26. The van der Waals surface area contributed by atoms with Gasteiger partial charge in [0.2, 0.25) is 0 Å². The zero-order chi connectivity index (χ0) is 16.8. The number of alkyl halides is 2. The van der Waals surface area contributed by atoms with Crippen LogP contribution in [0.5, 0.6) is 0 Å². The average Bonchev–Trinajstić information content (AvgIpc) is 2.93. The quantitative estimate of drug-likeness (QED) is 0.646. The van der Waals surface area contributed by atoms with Crippen LogP contribution in [0.1, 0.15) is 10.4 Å². The highest BCUT2D eigenvalue weighted by atomic mass is 32.2. The summed E-state index contributed by atoms with van der Waals surface area (Å²) in [4.78, 5) is 23.7. The number of amides is 1. The molecule has 0 aliphatic rings. The van der Waals surface area contributed by atoms with Crippen LogP contribution in [-0.4, -0.2) is 34.0 Å². The second-order valence-corrected chi connectivity index (χ2v) is 5.49. The third-order valence-electron chi connectivity index (χ3n) is 2.64. The van der Waals surface area contributed by atoms with Gasteiger partial charge in [0.25, 0.3) is 11.7 Å². The van der Waals surface area contributed by atoms with Gasteiger partial charge in [-0.3, -0.25) is 9.48 Å². The first-order valence-corrected chi connectivity index (χ1v) is 7.32. The van der Waals surface area contributed by atoms with Gasteiger partial charge in [0.15, 0.2) is 6.61 Å². The van der Waals surface area contributed by atoms with Crippen LogP contribution in [0.3, 0.4) is 0 Å². The molecular formula is C14H13F2N3O3S. The Morgan fingerprint density at radius 2 is 2.04 bits per heavy atom. The van der Waals surface area contributed by atoms with Crippen LogP contribution in [0.4, 0.5) is 14.5 Å². The molecular weight excluding hydrogens is 328 g/mol. The number of esters is 1. The van der Waals surface area contributed by atoms with Crippen LogP contribution in [0.25, 0.3) is 0 Å². The van der Waals surface area contributed by atoms with Crippen molar-refractivity contribution in [1.82, 2.24) is 9.78 Å². The number of nitrogens with one attached hydrogen (secondary N) is 1. The number of ether oxygens (including phenoxy) is 1. The van der Waals surface area contributed by atoms with Gasteiger partial charge in [-0.15, -0.1) is 0 Å². The molecule has 0 atom stereocenters. The van der Waals surface area contributed by atoms with E-state index < -0.39 is 24.2 Å². The SMILES string of the molecule is Cn1cc(C(=O)OCC(=O)Nc2ccc(SC(F)F)cc2)cn1. The number of carbonyl (C=O) groups is 2. The lowest BCUT2D eigenvalue weighted by Gasteiger charge is -2.07. The number of hydrogen-bond acceptors (Lipinski definition) is 5. The van der Waals surface area contributed by atoms with Crippen molar-refractivity contribution in [3.63, 3.8) is 0 Å². The maximum atomic E-state index is 12.2. The van der Waals surface area contributed by atoms with Gasteiger partial charge in [-0.1, -0.05) is 11.8 Å². The molecule has 1 amide bonds. The summed E-state index contributed by atoms with van der Waals surface area (Å²) >= 11 is 0.417. The Morgan fingerprint density at radius 1 is 1.35 bits per heavy atom. The first-order valence-electron chi connectivity index (χ1n) is 6.44. The first-order chi connectivity index (χ1) is 10.9. The molecule has 0 saturated heterocycles. The Labute approximate surface area is 134 Å². The first kappa shape index (κ1) is 16.9. The predicted molar refractivity (Wildman–Crippen MR) is 80.4 cm³/mol. The summed E-state index contributed by atoms with van der Waals surface area (Å²) in [5.41, 5.74) is 0.666. The lowest BCUT2D eigenvalue weighted by Crippen LogP contribution is -2.20. The topological polar surface area (TPSA) is 73.2 Å². The summed E-state index contributed by atoms with van der Waals surface area (Å²) in [6.45, 7) is -0.457. The molecule has 0 radical (unpaired) electrons. The summed E-state index contributed by atoms with van der Waals surface area (Å²) in [5.74, 6) is -3.68. The van der Waals surface area contributed by atoms with Gasteiger partial charge in [0.1, 0.15) is 0 Å². The Hall–Kier alpha value is -2.42. The predicted octanol–water partition coefficient (Wildman–Crippen LogP) is 2.53. The minimum atomic E-state index is -2.50. The summed E-state index contributed by atoms with van der Waals surface area (Å²) < 4.78 is 30.7. The maximum absolute atomic E-state index is 12.2. The van der Waals surface area contributed by atoms with Crippen LogP contribution in [0.2, 0.25) is 0 Å². The van der Waals surface area contributed by atoms with E-state index in [9.17, 15) is 18.4 Å². The van der Waals surface area contributed by atoms with Gasteiger partial charge in [0, 0.05) is 23.8 Å². The monoisotopic (exact) mass is 341 g/mol. The zero-order valence-corrected chi connectivity index (χ0v) is 12.8. The lowest BCUT2D eigenvalue weighted by molar-refractivity contribution is -0.119. The van der Waals surface area contributed by atoms with Crippen molar-refractivity contribution in [2.24, 2.45) is 7.05 Å². The van der Waals surface area contributed by atoms with E-state index in [1.807, 2.05) is 0 Å². The van der Waals surface area contributed by atoms with Crippen molar-refractivity contribution >= 4 is 29.3 Å². The van der Waals surface area contributed by atoms with E-state index in [2.05, 4.69) is 10.4 Å². The van der Waals surface area contributed by atoms with Gasteiger partial charge >= 0.3 is 5.97 Å². The van der Waals surface area contributed by atoms with E-state index in [-0.39, 0.29) is 5.56 Å². The third-order valence-corrected chi connectivity index (χ3v) is 3.36. The minimum absolute atomic E-state index is 0.244. The molecule has 122 valence electrons. The van der Waals surface area contributed by atoms with E-state index in [0.29, 0.717) is 22.3 Å². The maximum Gasteiger partial charge on any atom is 0.341 e. The van der Waals surface area contributed by atoms with Gasteiger partial charge in [-0.25, -0.2) is 4.79 Å². The molecule has 6 nitrogen and oxygen atoms in total. The van der Waals surface area contributed by atoms with Crippen molar-refractivity contribution in [2.45, 2.75) is 10.7 Å².